The van der Waals surface area contributed by atoms with Crippen molar-refractivity contribution in [3.8, 4) is 0 Å². The van der Waals surface area contributed by atoms with E-state index in [2.05, 4.69) is 10.5 Å². The Balaban J connectivity index is 1.50. The lowest BCUT2D eigenvalue weighted by molar-refractivity contribution is -0.127. The number of amides is 1. The van der Waals surface area contributed by atoms with Crippen LogP contribution in [0.1, 0.15) is 65.1 Å². The van der Waals surface area contributed by atoms with Gasteiger partial charge in [0.1, 0.15) is 6.54 Å². The monoisotopic (exact) mass is 333 g/mol. The van der Waals surface area contributed by atoms with Crippen LogP contribution in [0, 0.1) is 17.8 Å². The average Bonchev–Trinajstić information content (AvgIpc) is 2.77. The number of carbonyl (C=O) groups excluding carboxylic acids is 1. The molecule has 0 aromatic carbocycles. The van der Waals surface area contributed by atoms with Crippen LogP contribution in [0.3, 0.4) is 0 Å². The predicted octanol–water partition coefficient (Wildman–Crippen LogP) is 2.22. The first-order valence-corrected chi connectivity index (χ1v) is 9.12. The van der Waals surface area contributed by atoms with Gasteiger partial charge in [-0.3, -0.25) is 13.9 Å². The predicted molar refractivity (Wildman–Crippen MR) is 88.5 cm³/mol. The maximum absolute atomic E-state index is 12.7. The summed E-state index contributed by atoms with van der Waals surface area (Å²) >= 11 is 0. The van der Waals surface area contributed by atoms with Crippen LogP contribution in [0.25, 0.3) is 0 Å². The van der Waals surface area contributed by atoms with Crippen molar-refractivity contribution < 1.29 is 9.32 Å². The third-order valence-electron chi connectivity index (χ3n) is 6.10. The summed E-state index contributed by atoms with van der Waals surface area (Å²) in [6.45, 7) is 5.87. The maximum Gasteiger partial charge on any atom is 0.442 e. The fourth-order valence-corrected chi connectivity index (χ4v) is 5.69. The molecular formula is C18H27N3O3. The number of hydrogen-bond acceptors (Lipinski definition) is 4. The molecule has 0 saturated heterocycles. The minimum atomic E-state index is -0.555. The SMILES string of the molecule is CC(C)(C)c1noc(=O)n1CC(=O)NC12CC3CC(CC(C3)C1)C2. The summed E-state index contributed by atoms with van der Waals surface area (Å²) in [5.74, 6) is 2.21. The second-order valence-corrected chi connectivity index (χ2v) is 9.35. The second kappa shape index (κ2) is 5.20. The lowest BCUT2D eigenvalue weighted by Gasteiger charge is -2.56. The molecule has 1 heterocycles. The highest BCUT2D eigenvalue weighted by atomic mass is 16.5. The lowest BCUT2D eigenvalue weighted by atomic mass is 9.53. The van der Waals surface area contributed by atoms with E-state index in [1.54, 1.807) is 0 Å². The van der Waals surface area contributed by atoms with Crippen LogP contribution in [-0.4, -0.2) is 21.2 Å². The molecule has 4 bridgehead atoms. The smallest absolute Gasteiger partial charge is 0.349 e. The molecule has 5 rings (SSSR count). The Morgan fingerprint density at radius 1 is 1.21 bits per heavy atom. The Morgan fingerprint density at radius 2 is 1.75 bits per heavy atom. The third-order valence-corrected chi connectivity index (χ3v) is 6.10. The van der Waals surface area contributed by atoms with E-state index in [1.165, 1.54) is 23.8 Å². The molecule has 24 heavy (non-hydrogen) atoms. The normalized spacial score (nSPS) is 34.5. The summed E-state index contributed by atoms with van der Waals surface area (Å²) < 4.78 is 6.17. The number of aromatic nitrogens is 2. The van der Waals surface area contributed by atoms with Crippen molar-refractivity contribution in [2.75, 3.05) is 0 Å². The summed E-state index contributed by atoms with van der Waals surface area (Å²) in [7, 11) is 0. The standard InChI is InChI=1S/C18H27N3O3/c1-17(2,3)15-20-24-16(23)21(15)10-14(22)19-18-7-11-4-12(8-18)6-13(5-11)9-18/h11-13H,4-10H2,1-3H3,(H,19,22). The quantitative estimate of drug-likeness (QED) is 0.920. The van der Waals surface area contributed by atoms with Crippen molar-refractivity contribution in [2.45, 2.75) is 76.8 Å². The average molecular weight is 333 g/mol. The highest BCUT2D eigenvalue weighted by molar-refractivity contribution is 5.76. The van der Waals surface area contributed by atoms with Crippen molar-refractivity contribution in [3.63, 3.8) is 0 Å². The van der Waals surface area contributed by atoms with E-state index in [1.807, 2.05) is 20.8 Å². The largest absolute Gasteiger partial charge is 0.442 e. The summed E-state index contributed by atoms with van der Waals surface area (Å²) in [5, 5.41) is 7.16. The van der Waals surface area contributed by atoms with Gasteiger partial charge in [-0.25, -0.2) is 4.79 Å². The van der Waals surface area contributed by atoms with Crippen LogP contribution in [0.5, 0.6) is 0 Å². The van der Waals surface area contributed by atoms with E-state index in [9.17, 15) is 9.59 Å². The number of carbonyl (C=O) groups is 1. The van der Waals surface area contributed by atoms with Gasteiger partial charge in [-0.05, 0) is 56.3 Å². The van der Waals surface area contributed by atoms with Crippen LogP contribution in [0.4, 0.5) is 0 Å². The topological polar surface area (TPSA) is 77.1 Å². The molecule has 4 aliphatic carbocycles. The van der Waals surface area contributed by atoms with Gasteiger partial charge in [0, 0.05) is 11.0 Å². The van der Waals surface area contributed by atoms with E-state index in [0.717, 1.165) is 37.0 Å². The Labute approximate surface area is 142 Å². The molecule has 4 fully saturated rings. The number of hydrogen-bond donors (Lipinski definition) is 1. The molecular weight excluding hydrogens is 306 g/mol. The summed E-state index contributed by atoms with van der Waals surface area (Å²) in [5.41, 5.74) is -0.373. The van der Waals surface area contributed by atoms with Gasteiger partial charge in [-0.15, -0.1) is 0 Å². The second-order valence-electron chi connectivity index (χ2n) is 9.35. The highest BCUT2D eigenvalue weighted by Gasteiger charge is 2.51. The molecule has 0 unspecified atom stereocenters. The van der Waals surface area contributed by atoms with Crippen LogP contribution in [-0.2, 0) is 16.8 Å². The molecule has 132 valence electrons. The van der Waals surface area contributed by atoms with Gasteiger partial charge in [-0.1, -0.05) is 25.9 Å². The molecule has 6 nitrogen and oxygen atoms in total. The van der Waals surface area contributed by atoms with Crippen molar-refractivity contribution >= 4 is 5.91 Å². The Bertz CT molecular complexity index is 675. The zero-order valence-electron chi connectivity index (χ0n) is 14.8. The maximum atomic E-state index is 12.7. The van der Waals surface area contributed by atoms with Gasteiger partial charge in [0.2, 0.25) is 5.91 Å². The first-order chi connectivity index (χ1) is 11.2. The number of nitrogens with zero attached hydrogens (tertiary/aromatic N) is 2. The molecule has 4 aliphatic rings. The van der Waals surface area contributed by atoms with E-state index in [-0.39, 0.29) is 23.4 Å². The van der Waals surface area contributed by atoms with Crippen LogP contribution < -0.4 is 11.1 Å². The van der Waals surface area contributed by atoms with Crippen LogP contribution in [0.2, 0.25) is 0 Å². The summed E-state index contributed by atoms with van der Waals surface area (Å²) in [4.78, 5) is 24.6. The van der Waals surface area contributed by atoms with Gasteiger partial charge < -0.3 is 5.32 Å². The van der Waals surface area contributed by atoms with Crippen LogP contribution in [0.15, 0.2) is 9.32 Å². The molecule has 1 aromatic rings. The molecule has 6 heteroatoms. The van der Waals surface area contributed by atoms with E-state index < -0.39 is 5.76 Å². The highest BCUT2D eigenvalue weighted by Crippen LogP contribution is 2.55. The molecule has 1 aromatic heterocycles. The first-order valence-electron chi connectivity index (χ1n) is 9.12. The zero-order valence-corrected chi connectivity index (χ0v) is 14.8. The zero-order chi connectivity index (χ0) is 17.1. The summed E-state index contributed by atoms with van der Waals surface area (Å²) in [6.07, 6.45) is 7.34. The fourth-order valence-electron chi connectivity index (χ4n) is 5.69. The van der Waals surface area contributed by atoms with Gasteiger partial charge in [-0.2, -0.15) is 0 Å². The minimum Gasteiger partial charge on any atom is -0.349 e. The Morgan fingerprint density at radius 3 is 2.25 bits per heavy atom. The van der Waals surface area contributed by atoms with Gasteiger partial charge in [0.15, 0.2) is 5.82 Å². The van der Waals surface area contributed by atoms with E-state index in [0.29, 0.717) is 5.82 Å². The first kappa shape index (κ1) is 15.9. The van der Waals surface area contributed by atoms with E-state index in [4.69, 9.17) is 4.52 Å². The lowest BCUT2D eigenvalue weighted by Crippen LogP contribution is -2.60. The molecule has 1 amide bonds. The molecule has 4 saturated carbocycles. The van der Waals surface area contributed by atoms with Gasteiger partial charge in [0.05, 0.1) is 0 Å². The minimum absolute atomic E-state index is 0.00329. The number of rotatable bonds is 3. The van der Waals surface area contributed by atoms with Gasteiger partial charge >= 0.3 is 5.76 Å². The molecule has 0 spiro atoms. The molecule has 0 aliphatic heterocycles. The Hall–Kier alpha value is -1.59. The van der Waals surface area contributed by atoms with Gasteiger partial charge in [0.25, 0.3) is 0 Å². The third kappa shape index (κ3) is 2.70. The molecule has 0 atom stereocenters. The van der Waals surface area contributed by atoms with E-state index >= 15 is 0 Å². The van der Waals surface area contributed by atoms with Crippen molar-refractivity contribution in [1.29, 1.82) is 0 Å². The molecule has 0 radical (unpaired) electrons. The van der Waals surface area contributed by atoms with Crippen LogP contribution >= 0.6 is 0 Å². The summed E-state index contributed by atoms with van der Waals surface area (Å²) in [6, 6.07) is 0. The number of nitrogens with one attached hydrogen (secondary N) is 1. The Kier molecular flexibility index (Phi) is 3.45. The van der Waals surface area contributed by atoms with Crippen molar-refractivity contribution in [1.82, 2.24) is 15.0 Å². The fraction of sp³-hybridized carbons (Fsp3) is 0.833. The van der Waals surface area contributed by atoms with Crippen molar-refractivity contribution in [3.05, 3.63) is 16.4 Å². The molecule has 1 N–H and O–H groups in total. The van der Waals surface area contributed by atoms with Crippen molar-refractivity contribution in [2.24, 2.45) is 17.8 Å².